The highest BCUT2D eigenvalue weighted by molar-refractivity contribution is 6.03. The Bertz CT molecular complexity index is 1880. The number of aliphatic carboxylic acids is 1. The highest BCUT2D eigenvalue weighted by Gasteiger charge is 2.33. The number of benzene rings is 3. The molecule has 0 saturated carbocycles. The third-order valence-electron chi connectivity index (χ3n) is 8.29. The number of amides is 1. The number of rotatable bonds is 10. The molecule has 0 bridgehead atoms. The number of nitrogens with zero attached hydrogens (tertiary/aromatic N) is 3. The van der Waals surface area contributed by atoms with E-state index < -0.39 is 18.7 Å². The molecule has 1 fully saturated rings. The minimum atomic E-state index is -1.06. The molecule has 240 valence electrons. The van der Waals surface area contributed by atoms with Gasteiger partial charge in [-0.05, 0) is 54.1 Å². The Labute approximate surface area is 271 Å². The number of aromatic nitrogens is 2. The second-order valence-corrected chi connectivity index (χ2v) is 11.4. The van der Waals surface area contributed by atoms with E-state index in [4.69, 9.17) is 24.1 Å². The molecule has 1 saturated heterocycles. The SMILES string of the molecule is O=C(O)COc1ccc(-c2nccc3c2C(=O)N(Cc2c[nH]c4ccccc24)CC(COc2cccc(N4CCOCC4)c2)O3)cc1. The maximum Gasteiger partial charge on any atom is 0.341 e. The third-order valence-corrected chi connectivity index (χ3v) is 8.29. The predicted octanol–water partition coefficient (Wildman–Crippen LogP) is 5.01. The van der Waals surface area contributed by atoms with E-state index in [1.54, 1.807) is 41.4 Å². The number of carboxylic acids is 1. The Kier molecular flexibility index (Phi) is 8.61. The summed E-state index contributed by atoms with van der Waals surface area (Å²) >= 11 is 0. The minimum Gasteiger partial charge on any atom is -0.490 e. The van der Waals surface area contributed by atoms with Crippen LogP contribution in [0.2, 0.25) is 0 Å². The molecule has 47 heavy (non-hydrogen) atoms. The predicted molar refractivity (Wildman–Crippen MR) is 175 cm³/mol. The molecule has 11 nitrogen and oxygen atoms in total. The number of para-hydroxylation sites is 1. The highest BCUT2D eigenvalue weighted by atomic mass is 16.5. The average molecular weight is 635 g/mol. The molecule has 11 heteroatoms. The van der Waals surface area contributed by atoms with Crippen LogP contribution in [0.1, 0.15) is 15.9 Å². The second-order valence-electron chi connectivity index (χ2n) is 11.4. The molecular weight excluding hydrogens is 600 g/mol. The van der Waals surface area contributed by atoms with E-state index >= 15 is 0 Å². The summed E-state index contributed by atoms with van der Waals surface area (Å²) in [6.07, 6.45) is 3.09. The molecule has 1 amide bonds. The lowest BCUT2D eigenvalue weighted by Gasteiger charge is -2.29. The zero-order chi connectivity index (χ0) is 32.2. The van der Waals surface area contributed by atoms with E-state index in [9.17, 15) is 9.59 Å². The first kappa shape index (κ1) is 30.1. The molecule has 0 spiro atoms. The van der Waals surface area contributed by atoms with Crippen LogP contribution in [0.15, 0.2) is 91.3 Å². The first-order valence-corrected chi connectivity index (χ1v) is 15.5. The van der Waals surface area contributed by atoms with Crippen molar-refractivity contribution < 1.29 is 33.6 Å². The van der Waals surface area contributed by atoms with Gasteiger partial charge in [-0.25, -0.2) is 4.79 Å². The van der Waals surface area contributed by atoms with Crippen molar-refractivity contribution in [3.63, 3.8) is 0 Å². The molecule has 0 radical (unpaired) electrons. The summed E-state index contributed by atoms with van der Waals surface area (Å²) in [6, 6.07) is 24.5. The van der Waals surface area contributed by atoms with Gasteiger partial charge in [0.15, 0.2) is 12.7 Å². The number of nitrogens with one attached hydrogen (secondary N) is 1. The quantitative estimate of drug-likeness (QED) is 0.218. The maximum absolute atomic E-state index is 14.4. The van der Waals surface area contributed by atoms with Gasteiger partial charge < -0.3 is 38.8 Å². The number of carbonyl (C=O) groups is 2. The number of pyridine rings is 1. The fraction of sp³-hybridized carbons (Fsp3) is 0.250. The van der Waals surface area contributed by atoms with E-state index in [1.807, 2.05) is 48.7 Å². The van der Waals surface area contributed by atoms with Crippen molar-refractivity contribution in [3.05, 3.63) is 102 Å². The van der Waals surface area contributed by atoms with E-state index in [-0.39, 0.29) is 19.1 Å². The number of morpholine rings is 1. The monoisotopic (exact) mass is 634 g/mol. The molecule has 7 rings (SSSR count). The number of ether oxygens (including phenoxy) is 4. The Morgan fingerprint density at radius 3 is 2.64 bits per heavy atom. The smallest absolute Gasteiger partial charge is 0.341 e. The Hall–Kier alpha value is -5.55. The van der Waals surface area contributed by atoms with Crippen LogP contribution < -0.4 is 19.1 Å². The van der Waals surface area contributed by atoms with Crippen molar-refractivity contribution >= 4 is 28.5 Å². The molecule has 1 atom stereocenters. The first-order valence-electron chi connectivity index (χ1n) is 15.5. The van der Waals surface area contributed by atoms with Gasteiger partial charge in [0.1, 0.15) is 29.4 Å². The molecule has 2 aromatic heterocycles. The molecule has 2 aliphatic rings. The van der Waals surface area contributed by atoms with Crippen LogP contribution in [0.3, 0.4) is 0 Å². The summed E-state index contributed by atoms with van der Waals surface area (Å²) in [7, 11) is 0. The molecular formula is C36H34N4O7. The van der Waals surface area contributed by atoms with E-state index in [0.717, 1.165) is 41.0 Å². The number of carboxylic acid groups (broad SMARTS) is 1. The van der Waals surface area contributed by atoms with Crippen molar-refractivity contribution in [3.8, 4) is 28.5 Å². The topological polar surface area (TPSA) is 126 Å². The summed E-state index contributed by atoms with van der Waals surface area (Å²) in [4.78, 5) is 37.3. The minimum absolute atomic E-state index is 0.212. The number of carbonyl (C=O) groups excluding carboxylic acids is 1. The van der Waals surface area contributed by atoms with Crippen LogP contribution in [-0.2, 0) is 16.1 Å². The van der Waals surface area contributed by atoms with Crippen molar-refractivity contribution in [2.45, 2.75) is 12.6 Å². The van der Waals surface area contributed by atoms with Gasteiger partial charge in [0.25, 0.3) is 5.91 Å². The third kappa shape index (κ3) is 6.70. The summed E-state index contributed by atoms with van der Waals surface area (Å²) in [6.45, 7) is 3.45. The number of hydrogen-bond donors (Lipinski definition) is 2. The van der Waals surface area contributed by atoms with Crippen LogP contribution in [0.5, 0.6) is 17.2 Å². The Balaban J connectivity index is 1.18. The van der Waals surface area contributed by atoms with Crippen molar-refractivity contribution in [1.82, 2.24) is 14.9 Å². The summed E-state index contributed by atoms with van der Waals surface area (Å²) in [5.74, 6) is 0.263. The fourth-order valence-corrected chi connectivity index (χ4v) is 6.00. The van der Waals surface area contributed by atoms with Gasteiger partial charge in [0, 0.05) is 60.2 Å². The van der Waals surface area contributed by atoms with Gasteiger partial charge in [0.05, 0.1) is 25.5 Å². The number of H-pyrrole nitrogens is 1. The van der Waals surface area contributed by atoms with Crippen LogP contribution >= 0.6 is 0 Å². The summed E-state index contributed by atoms with van der Waals surface area (Å²) in [5, 5.41) is 10.00. The normalized spacial score (nSPS) is 16.3. The lowest BCUT2D eigenvalue weighted by molar-refractivity contribution is -0.139. The number of aromatic amines is 1. The molecule has 2 aliphatic heterocycles. The zero-order valence-corrected chi connectivity index (χ0v) is 25.6. The van der Waals surface area contributed by atoms with Gasteiger partial charge in [-0.15, -0.1) is 0 Å². The van der Waals surface area contributed by atoms with Crippen LogP contribution in [0, 0.1) is 0 Å². The van der Waals surface area contributed by atoms with Gasteiger partial charge in [-0.2, -0.15) is 0 Å². The van der Waals surface area contributed by atoms with Crippen LogP contribution in [0.25, 0.3) is 22.2 Å². The highest BCUT2D eigenvalue weighted by Crippen LogP contribution is 2.35. The Morgan fingerprint density at radius 1 is 0.979 bits per heavy atom. The number of fused-ring (bicyclic) bond motifs is 2. The molecule has 0 aliphatic carbocycles. The molecule has 1 unspecified atom stereocenters. The van der Waals surface area contributed by atoms with Crippen LogP contribution in [-0.4, -0.2) is 84.0 Å². The van der Waals surface area contributed by atoms with Gasteiger partial charge in [-0.3, -0.25) is 9.78 Å². The lowest BCUT2D eigenvalue weighted by atomic mass is 10.0. The molecule has 4 heterocycles. The van der Waals surface area contributed by atoms with Gasteiger partial charge in [-0.1, -0.05) is 24.3 Å². The maximum atomic E-state index is 14.4. The summed E-state index contributed by atoms with van der Waals surface area (Å²) < 4.78 is 23.6. The van der Waals surface area contributed by atoms with E-state index in [0.29, 0.717) is 48.1 Å². The standard InChI is InChI=1S/C36H34N4O7/c41-33(42)23-46-27-10-8-24(9-11-27)35-34-32(12-13-37-35)47-29(22-45-28-5-3-4-26(18-28)39-14-16-44-17-15-39)21-40(36(34)43)20-25-19-38-31-7-2-1-6-30(25)31/h1-13,18-19,29,38H,14-17,20-23H2,(H,41,42). The average Bonchev–Trinajstić information content (AvgIpc) is 3.46. The zero-order valence-electron chi connectivity index (χ0n) is 25.6. The number of anilines is 1. The van der Waals surface area contributed by atoms with Crippen LogP contribution in [0.4, 0.5) is 5.69 Å². The lowest BCUT2D eigenvalue weighted by Crippen LogP contribution is -2.39. The molecule has 3 aromatic carbocycles. The van der Waals surface area contributed by atoms with E-state index in [2.05, 4.69) is 20.9 Å². The first-order chi connectivity index (χ1) is 23.0. The van der Waals surface area contributed by atoms with Crippen molar-refractivity contribution in [2.75, 3.05) is 51.0 Å². The van der Waals surface area contributed by atoms with E-state index in [1.165, 1.54) is 0 Å². The fourth-order valence-electron chi connectivity index (χ4n) is 6.00. The number of hydrogen-bond acceptors (Lipinski definition) is 8. The summed E-state index contributed by atoms with van der Waals surface area (Å²) in [5.41, 5.74) is 4.53. The Morgan fingerprint density at radius 2 is 1.81 bits per heavy atom. The van der Waals surface area contributed by atoms with Crippen molar-refractivity contribution in [2.24, 2.45) is 0 Å². The molecule has 5 aromatic rings. The molecule has 2 N–H and O–H groups in total. The second kappa shape index (κ2) is 13.4. The van der Waals surface area contributed by atoms with Gasteiger partial charge >= 0.3 is 5.97 Å². The largest absolute Gasteiger partial charge is 0.490 e. The van der Waals surface area contributed by atoms with Gasteiger partial charge in [0.2, 0.25) is 0 Å². The van der Waals surface area contributed by atoms with Crippen molar-refractivity contribution in [1.29, 1.82) is 0 Å².